The number of benzene rings is 2. The number of ether oxygens (including phenoxy) is 1. The molecule has 0 aromatic heterocycles. The Morgan fingerprint density at radius 2 is 2.00 bits per heavy atom. The molecule has 0 radical (unpaired) electrons. The molecule has 3 unspecified atom stereocenters. The SMILES string of the molecule is OC[C@@H]1CC(O)CC(c2ccc(F)c(CC3Cc4ccccc4S3)c2)O1. The largest absolute Gasteiger partial charge is 0.394 e. The molecule has 2 N–H and O–H groups in total. The highest BCUT2D eigenvalue weighted by Gasteiger charge is 2.30. The van der Waals surface area contributed by atoms with Crippen LogP contribution >= 0.6 is 11.8 Å². The molecule has 26 heavy (non-hydrogen) atoms. The van der Waals surface area contributed by atoms with Gasteiger partial charge in [0.15, 0.2) is 0 Å². The number of hydrogen-bond donors (Lipinski definition) is 2. The van der Waals surface area contributed by atoms with Crippen LogP contribution in [-0.4, -0.2) is 34.3 Å². The highest BCUT2D eigenvalue weighted by Crippen LogP contribution is 2.39. The number of fused-ring (bicyclic) bond motifs is 1. The van der Waals surface area contributed by atoms with E-state index in [0.717, 1.165) is 12.0 Å². The van der Waals surface area contributed by atoms with E-state index in [1.54, 1.807) is 6.07 Å². The van der Waals surface area contributed by atoms with E-state index in [1.807, 2.05) is 30.0 Å². The van der Waals surface area contributed by atoms with Gasteiger partial charge in [-0.3, -0.25) is 0 Å². The standard InChI is InChI=1S/C21H23FO3S/c22-19-6-5-13(20-11-16(24)10-17(12-23)25-20)7-15(19)9-18-8-14-3-1-2-4-21(14)26-18/h1-7,16-18,20,23-24H,8-12H2/t16?,17-,18?,20?/m0/s1. The Labute approximate surface area is 157 Å². The van der Waals surface area contributed by atoms with E-state index in [0.29, 0.717) is 30.1 Å². The maximum atomic E-state index is 14.4. The maximum absolute atomic E-state index is 14.4. The minimum Gasteiger partial charge on any atom is -0.394 e. The number of thioether (sulfide) groups is 1. The Morgan fingerprint density at radius 1 is 1.15 bits per heavy atom. The second-order valence-electron chi connectivity index (χ2n) is 7.16. The first-order valence-corrected chi connectivity index (χ1v) is 9.97. The summed E-state index contributed by atoms with van der Waals surface area (Å²) in [6.07, 6.45) is 1.37. The first-order chi connectivity index (χ1) is 12.6. The molecule has 5 heteroatoms. The molecule has 0 saturated carbocycles. The van der Waals surface area contributed by atoms with Gasteiger partial charge in [0, 0.05) is 23.0 Å². The first-order valence-electron chi connectivity index (χ1n) is 9.09. The molecule has 0 aliphatic carbocycles. The van der Waals surface area contributed by atoms with Gasteiger partial charge in [0.05, 0.1) is 24.9 Å². The summed E-state index contributed by atoms with van der Waals surface area (Å²) < 4.78 is 20.3. The highest BCUT2D eigenvalue weighted by molar-refractivity contribution is 8.00. The number of aliphatic hydroxyl groups excluding tert-OH is 2. The Bertz CT molecular complexity index is 757. The van der Waals surface area contributed by atoms with E-state index in [1.165, 1.54) is 16.5 Å². The summed E-state index contributed by atoms with van der Waals surface area (Å²) in [5.74, 6) is -0.194. The van der Waals surface area contributed by atoms with Gasteiger partial charge in [-0.05, 0) is 41.7 Å². The smallest absolute Gasteiger partial charge is 0.126 e. The average Bonchev–Trinajstić information content (AvgIpc) is 3.05. The summed E-state index contributed by atoms with van der Waals surface area (Å²) in [6, 6.07) is 13.4. The van der Waals surface area contributed by atoms with E-state index in [4.69, 9.17) is 4.74 Å². The van der Waals surface area contributed by atoms with Crippen LogP contribution in [-0.2, 0) is 17.6 Å². The molecular weight excluding hydrogens is 351 g/mol. The molecule has 1 fully saturated rings. The average molecular weight is 374 g/mol. The Hall–Kier alpha value is -1.40. The van der Waals surface area contributed by atoms with Crippen LogP contribution in [0.3, 0.4) is 0 Å². The fourth-order valence-corrected chi connectivity index (χ4v) is 5.23. The topological polar surface area (TPSA) is 49.7 Å². The van der Waals surface area contributed by atoms with Crippen LogP contribution < -0.4 is 0 Å². The van der Waals surface area contributed by atoms with Crippen molar-refractivity contribution in [3.63, 3.8) is 0 Å². The van der Waals surface area contributed by atoms with E-state index < -0.39 is 6.10 Å². The van der Waals surface area contributed by atoms with Crippen LogP contribution in [0.5, 0.6) is 0 Å². The van der Waals surface area contributed by atoms with Crippen molar-refractivity contribution in [1.29, 1.82) is 0 Å². The van der Waals surface area contributed by atoms with Crippen molar-refractivity contribution >= 4 is 11.8 Å². The van der Waals surface area contributed by atoms with Crippen molar-refractivity contribution in [1.82, 2.24) is 0 Å². The molecule has 2 aliphatic rings. The fraction of sp³-hybridized carbons (Fsp3) is 0.429. The molecule has 2 aromatic rings. The number of hydrogen-bond acceptors (Lipinski definition) is 4. The Kier molecular flexibility index (Phi) is 5.32. The van der Waals surface area contributed by atoms with E-state index in [-0.39, 0.29) is 24.6 Å². The molecule has 0 amide bonds. The van der Waals surface area contributed by atoms with Crippen molar-refractivity contribution in [3.8, 4) is 0 Å². The molecule has 4 rings (SSSR count). The molecule has 0 spiro atoms. The Balaban J connectivity index is 1.50. The van der Waals surface area contributed by atoms with Crippen LogP contribution in [0, 0.1) is 5.82 Å². The van der Waals surface area contributed by atoms with Crippen molar-refractivity contribution in [3.05, 3.63) is 65.0 Å². The van der Waals surface area contributed by atoms with Gasteiger partial charge in [-0.1, -0.05) is 30.3 Å². The zero-order chi connectivity index (χ0) is 18.1. The van der Waals surface area contributed by atoms with Gasteiger partial charge < -0.3 is 14.9 Å². The van der Waals surface area contributed by atoms with Crippen LogP contribution in [0.1, 0.15) is 35.6 Å². The van der Waals surface area contributed by atoms with Gasteiger partial charge in [-0.15, -0.1) is 11.8 Å². The molecule has 4 atom stereocenters. The first kappa shape index (κ1) is 18.0. The fourth-order valence-electron chi connectivity index (χ4n) is 3.89. The normalized spacial score (nSPS) is 28.1. The minimum absolute atomic E-state index is 0.113. The number of rotatable bonds is 4. The lowest BCUT2D eigenvalue weighted by Crippen LogP contribution is -2.33. The summed E-state index contributed by atoms with van der Waals surface area (Å²) in [4.78, 5) is 1.29. The number of aliphatic hydroxyl groups is 2. The summed E-state index contributed by atoms with van der Waals surface area (Å²) in [7, 11) is 0. The zero-order valence-electron chi connectivity index (χ0n) is 14.5. The summed E-state index contributed by atoms with van der Waals surface area (Å²) in [5.41, 5.74) is 2.90. The third kappa shape index (κ3) is 3.81. The van der Waals surface area contributed by atoms with Crippen LogP contribution in [0.15, 0.2) is 47.4 Å². The summed E-state index contributed by atoms with van der Waals surface area (Å²) in [6.45, 7) is -0.113. The lowest BCUT2D eigenvalue weighted by Gasteiger charge is -2.32. The second-order valence-corrected chi connectivity index (χ2v) is 8.50. The van der Waals surface area contributed by atoms with Gasteiger partial charge in [0.2, 0.25) is 0 Å². The Morgan fingerprint density at radius 3 is 2.81 bits per heavy atom. The maximum Gasteiger partial charge on any atom is 0.126 e. The van der Waals surface area contributed by atoms with Gasteiger partial charge >= 0.3 is 0 Å². The van der Waals surface area contributed by atoms with Gasteiger partial charge in [-0.2, -0.15) is 0 Å². The predicted octanol–water partition coefficient (Wildman–Crippen LogP) is 3.66. The van der Waals surface area contributed by atoms with Crippen molar-refractivity contribution in [2.45, 2.75) is 54.1 Å². The van der Waals surface area contributed by atoms with Gasteiger partial charge in [0.25, 0.3) is 0 Å². The van der Waals surface area contributed by atoms with Gasteiger partial charge in [0.1, 0.15) is 5.82 Å². The third-order valence-electron chi connectivity index (χ3n) is 5.18. The summed E-state index contributed by atoms with van der Waals surface area (Å²) >= 11 is 1.81. The molecule has 2 aliphatic heterocycles. The molecule has 1 saturated heterocycles. The summed E-state index contributed by atoms with van der Waals surface area (Å²) in [5, 5.41) is 19.7. The van der Waals surface area contributed by atoms with Crippen molar-refractivity contribution in [2.24, 2.45) is 0 Å². The monoisotopic (exact) mass is 374 g/mol. The highest BCUT2D eigenvalue weighted by atomic mass is 32.2. The van der Waals surface area contributed by atoms with E-state index in [2.05, 4.69) is 12.1 Å². The van der Waals surface area contributed by atoms with E-state index >= 15 is 0 Å². The lowest BCUT2D eigenvalue weighted by molar-refractivity contribution is -0.113. The van der Waals surface area contributed by atoms with Crippen LogP contribution in [0.25, 0.3) is 0 Å². The van der Waals surface area contributed by atoms with E-state index in [9.17, 15) is 14.6 Å². The molecule has 2 heterocycles. The molecule has 138 valence electrons. The predicted molar refractivity (Wildman–Crippen MR) is 99.8 cm³/mol. The lowest BCUT2D eigenvalue weighted by atomic mass is 9.94. The minimum atomic E-state index is -0.501. The molecule has 2 aromatic carbocycles. The van der Waals surface area contributed by atoms with Crippen LogP contribution in [0.2, 0.25) is 0 Å². The van der Waals surface area contributed by atoms with Crippen molar-refractivity contribution < 1.29 is 19.3 Å². The molecular formula is C21H23FO3S. The third-order valence-corrected chi connectivity index (χ3v) is 6.50. The molecule has 3 nitrogen and oxygen atoms in total. The van der Waals surface area contributed by atoms with Crippen LogP contribution in [0.4, 0.5) is 4.39 Å². The zero-order valence-corrected chi connectivity index (χ0v) is 15.3. The quantitative estimate of drug-likeness (QED) is 0.858. The second kappa shape index (κ2) is 7.69. The molecule has 0 bridgehead atoms. The number of halogens is 1. The van der Waals surface area contributed by atoms with Gasteiger partial charge in [-0.25, -0.2) is 4.39 Å². The van der Waals surface area contributed by atoms with Crippen molar-refractivity contribution in [2.75, 3.05) is 6.61 Å².